The Hall–Kier alpha value is -1.75. The Balaban J connectivity index is 2.03. The van der Waals surface area contributed by atoms with Crippen LogP contribution in [0.25, 0.3) is 0 Å². The topological polar surface area (TPSA) is 42.0 Å². The van der Waals surface area contributed by atoms with Gasteiger partial charge >= 0.3 is 0 Å². The van der Waals surface area contributed by atoms with E-state index in [2.05, 4.69) is 17.2 Å². The van der Waals surface area contributed by atoms with Gasteiger partial charge in [-0.25, -0.2) is 4.39 Å². The van der Waals surface area contributed by atoms with Crippen molar-refractivity contribution in [2.45, 2.75) is 19.9 Å². The lowest BCUT2D eigenvalue weighted by molar-refractivity contribution is 0.0947. The Morgan fingerprint density at radius 1 is 1.50 bits per heavy atom. The summed E-state index contributed by atoms with van der Waals surface area (Å²) in [6, 6.07) is 3.42. The van der Waals surface area contributed by atoms with Crippen LogP contribution in [0.1, 0.15) is 27.7 Å². The van der Waals surface area contributed by atoms with E-state index in [0.29, 0.717) is 6.54 Å². The summed E-state index contributed by atoms with van der Waals surface area (Å²) in [7, 11) is 0. The molecular weight excluding hydrogens is 251 g/mol. The summed E-state index contributed by atoms with van der Waals surface area (Å²) in [4.78, 5) is 16.5. The third kappa shape index (κ3) is 2.73. The van der Waals surface area contributed by atoms with E-state index in [9.17, 15) is 9.18 Å². The van der Waals surface area contributed by atoms with E-state index >= 15 is 0 Å². The van der Waals surface area contributed by atoms with E-state index in [1.54, 1.807) is 11.3 Å². The van der Waals surface area contributed by atoms with Gasteiger partial charge in [-0.15, -0.1) is 11.3 Å². The first kappa shape index (κ1) is 12.7. The molecule has 0 aliphatic carbocycles. The third-order valence-electron chi connectivity index (χ3n) is 2.65. The largest absolute Gasteiger partial charge is 0.347 e. The van der Waals surface area contributed by atoms with E-state index in [1.807, 2.05) is 11.4 Å². The molecule has 0 saturated carbocycles. The number of thiophene rings is 1. The minimum atomic E-state index is -0.600. The monoisotopic (exact) mass is 264 g/mol. The lowest BCUT2D eigenvalue weighted by atomic mass is 10.2. The van der Waals surface area contributed by atoms with E-state index < -0.39 is 11.7 Å². The van der Waals surface area contributed by atoms with Gasteiger partial charge in [0.05, 0.1) is 18.3 Å². The highest BCUT2D eigenvalue weighted by Gasteiger charge is 2.11. The van der Waals surface area contributed by atoms with E-state index in [-0.39, 0.29) is 5.56 Å². The quantitative estimate of drug-likeness (QED) is 0.922. The molecule has 18 heavy (non-hydrogen) atoms. The van der Waals surface area contributed by atoms with Gasteiger partial charge in [0, 0.05) is 11.1 Å². The average Bonchev–Trinajstić information content (AvgIpc) is 2.84. The standard InChI is InChI=1S/C13H13FN2OS/c1-2-9-4-6-18-12(9)8-16-13(17)10-3-5-15-7-11(10)14/h3-7H,2,8H2,1H3,(H,16,17). The number of hydrogen-bond acceptors (Lipinski definition) is 3. The van der Waals surface area contributed by atoms with Crippen molar-refractivity contribution in [2.75, 3.05) is 0 Å². The number of aryl methyl sites for hydroxylation is 1. The fourth-order valence-corrected chi connectivity index (χ4v) is 2.57. The molecule has 2 rings (SSSR count). The van der Waals surface area contributed by atoms with E-state index in [4.69, 9.17) is 0 Å². The Labute approximate surface area is 109 Å². The molecule has 3 nitrogen and oxygen atoms in total. The van der Waals surface area contributed by atoms with Gasteiger partial charge in [-0.1, -0.05) is 6.92 Å². The predicted molar refractivity (Wildman–Crippen MR) is 69.1 cm³/mol. The molecule has 0 aromatic carbocycles. The number of nitrogens with one attached hydrogen (secondary N) is 1. The molecule has 0 unspecified atom stereocenters. The number of aromatic nitrogens is 1. The van der Waals surface area contributed by atoms with Crippen LogP contribution in [0.4, 0.5) is 4.39 Å². The molecule has 1 N–H and O–H groups in total. The zero-order valence-electron chi connectivity index (χ0n) is 9.94. The van der Waals surface area contributed by atoms with Crippen LogP contribution in [0.5, 0.6) is 0 Å². The van der Waals surface area contributed by atoms with E-state index in [0.717, 1.165) is 17.5 Å². The van der Waals surface area contributed by atoms with Gasteiger partial charge in [-0.05, 0) is 29.5 Å². The van der Waals surface area contributed by atoms with Crippen molar-refractivity contribution >= 4 is 17.2 Å². The number of nitrogens with zero attached hydrogens (tertiary/aromatic N) is 1. The molecule has 0 fully saturated rings. The molecule has 0 atom stereocenters. The summed E-state index contributed by atoms with van der Waals surface area (Å²) < 4.78 is 13.3. The Bertz CT molecular complexity index is 553. The highest BCUT2D eigenvalue weighted by Crippen LogP contribution is 2.17. The predicted octanol–water partition coefficient (Wildman–Crippen LogP) is 2.77. The average molecular weight is 264 g/mol. The second kappa shape index (κ2) is 5.73. The van der Waals surface area contributed by atoms with Crippen LogP contribution in [0.2, 0.25) is 0 Å². The molecule has 1 amide bonds. The van der Waals surface area contributed by atoms with Crippen molar-refractivity contribution < 1.29 is 9.18 Å². The molecule has 2 aromatic heterocycles. The molecule has 0 aliphatic heterocycles. The maximum Gasteiger partial charge on any atom is 0.254 e. The van der Waals surface area contributed by atoms with E-state index in [1.165, 1.54) is 17.8 Å². The number of carbonyl (C=O) groups excluding carboxylic acids is 1. The highest BCUT2D eigenvalue weighted by molar-refractivity contribution is 7.10. The SMILES string of the molecule is CCc1ccsc1CNC(=O)c1ccncc1F. The van der Waals surface area contributed by atoms with Crippen LogP contribution in [0.3, 0.4) is 0 Å². The first-order valence-corrected chi connectivity index (χ1v) is 6.53. The smallest absolute Gasteiger partial charge is 0.254 e. The Kier molecular flexibility index (Phi) is 4.04. The number of hydrogen-bond donors (Lipinski definition) is 1. The van der Waals surface area contributed by atoms with Crippen LogP contribution in [-0.2, 0) is 13.0 Å². The number of carbonyl (C=O) groups is 1. The van der Waals surface area contributed by atoms with Crippen molar-refractivity contribution in [3.8, 4) is 0 Å². The lowest BCUT2D eigenvalue weighted by Crippen LogP contribution is -2.23. The van der Waals surface area contributed by atoms with Gasteiger partial charge in [0.1, 0.15) is 0 Å². The summed E-state index contributed by atoms with van der Waals surface area (Å²) in [5.74, 6) is -1.01. The normalized spacial score (nSPS) is 10.3. The van der Waals surface area contributed by atoms with Gasteiger partial charge in [-0.2, -0.15) is 0 Å². The third-order valence-corrected chi connectivity index (χ3v) is 3.61. The van der Waals surface area contributed by atoms with Gasteiger partial charge in [0.15, 0.2) is 5.82 Å². The Morgan fingerprint density at radius 3 is 3.06 bits per heavy atom. The zero-order chi connectivity index (χ0) is 13.0. The minimum Gasteiger partial charge on any atom is -0.347 e. The Morgan fingerprint density at radius 2 is 2.33 bits per heavy atom. The molecule has 0 spiro atoms. The molecule has 94 valence electrons. The fraction of sp³-hybridized carbons (Fsp3) is 0.231. The highest BCUT2D eigenvalue weighted by atomic mass is 32.1. The van der Waals surface area contributed by atoms with Crippen LogP contribution in [0, 0.1) is 5.82 Å². The maximum atomic E-state index is 13.3. The zero-order valence-corrected chi connectivity index (χ0v) is 10.8. The molecule has 5 heteroatoms. The van der Waals surface area contributed by atoms with Crippen LogP contribution in [-0.4, -0.2) is 10.9 Å². The second-order valence-electron chi connectivity index (χ2n) is 3.76. The molecule has 0 aliphatic rings. The molecule has 2 heterocycles. The molecule has 0 saturated heterocycles. The maximum absolute atomic E-state index is 13.3. The lowest BCUT2D eigenvalue weighted by Gasteiger charge is -2.06. The molecular formula is C13H13FN2OS. The van der Waals surface area contributed by atoms with Gasteiger partial charge in [0.25, 0.3) is 5.91 Å². The fourth-order valence-electron chi connectivity index (χ4n) is 1.65. The van der Waals surface area contributed by atoms with Crippen molar-refractivity contribution in [1.82, 2.24) is 10.3 Å². The second-order valence-corrected chi connectivity index (χ2v) is 4.76. The van der Waals surface area contributed by atoms with Gasteiger partial charge < -0.3 is 5.32 Å². The number of amides is 1. The summed E-state index contributed by atoms with van der Waals surface area (Å²) in [5.41, 5.74) is 1.25. The summed E-state index contributed by atoms with van der Waals surface area (Å²) in [6.45, 7) is 2.50. The first-order valence-electron chi connectivity index (χ1n) is 5.65. The van der Waals surface area contributed by atoms with Crippen molar-refractivity contribution in [3.05, 3.63) is 51.7 Å². The molecule has 2 aromatic rings. The van der Waals surface area contributed by atoms with Crippen molar-refractivity contribution in [2.24, 2.45) is 0 Å². The van der Waals surface area contributed by atoms with Crippen LogP contribution >= 0.6 is 11.3 Å². The molecule has 0 radical (unpaired) electrons. The minimum absolute atomic E-state index is 0.0274. The van der Waals surface area contributed by atoms with Crippen molar-refractivity contribution in [1.29, 1.82) is 0 Å². The van der Waals surface area contributed by atoms with Gasteiger partial charge in [-0.3, -0.25) is 9.78 Å². The first-order chi connectivity index (χ1) is 8.72. The number of rotatable bonds is 4. The summed E-state index contributed by atoms with van der Waals surface area (Å²) in [6.07, 6.45) is 3.37. The summed E-state index contributed by atoms with van der Waals surface area (Å²) in [5, 5.41) is 4.71. The summed E-state index contributed by atoms with van der Waals surface area (Å²) >= 11 is 1.59. The molecule has 0 bridgehead atoms. The number of halogens is 1. The van der Waals surface area contributed by atoms with Crippen LogP contribution < -0.4 is 5.32 Å². The van der Waals surface area contributed by atoms with Crippen LogP contribution in [0.15, 0.2) is 29.9 Å². The van der Waals surface area contributed by atoms with Gasteiger partial charge in [0.2, 0.25) is 0 Å². The van der Waals surface area contributed by atoms with Crippen molar-refractivity contribution in [3.63, 3.8) is 0 Å². The number of pyridine rings is 1.